The van der Waals surface area contributed by atoms with Gasteiger partial charge in [0.2, 0.25) is 0 Å². The van der Waals surface area contributed by atoms with Crippen LogP contribution in [0.1, 0.15) is 22.5 Å². The van der Waals surface area contributed by atoms with E-state index in [9.17, 15) is 5.11 Å². The summed E-state index contributed by atoms with van der Waals surface area (Å²) < 4.78 is 5.53. The molecule has 0 saturated heterocycles. The van der Waals surface area contributed by atoms with Crippen molar-refractivity contribution in [2.75, 3.05) is 6.61 Å². The van der Waals surface area contributed by atoms with Gasteiger partial charge in [-0.15, -0.1) is 10.2 Å². The maximum Gasteiger partial charge on any atom is 0.179 e. The zero-order valence-electron chi connectivity index (χ0n) is 14.2. The van der Waals surface area contributed by atoms with Gasteiger partial charge >= 0.3 is 0 Å². The molecule has 2 aromatic carbocycles. The number of hydrogen-bond acceptors (Lipinski definition) is 5. The van der Waals surface area contributed by atoms with Crippen molar-refractivity contribution in [3.8, 4) is 0 Å². The van der Waals surface area contributed by atoms with E-state index in [0.29, 0.717) is 18.9 Å². The first-order chi connectivity index (χ1) is 12.2. The Labute approximate surface area is 147 Å². The van der Waals surface area contributed by atoms with Gasteiger partial charge in [-0.05, 0) is 23.3 Å². The summed E-state index contributed by atoms with van der Waals surface area (Å²) in [5.41, 5.74) is 3.44. The van der Waals surface area contributed by atoms with Gasteiger partial charge in [0.05, 0.1) is 25.9 Å². The smallest absolute Gasteiger partial charge is 0.179 e. The van der Waals surface area contributed by atoms with Crippen LogP contribution in [0, 0.1) is 6.92 Å². The lowest BCUT2D eigenvalue weighted by molar-refractivity contribution is 0.0164. The van der Waals surface area contributed by atoms with E-state index in [1.807, 2.05) is 30.3 Å². The monoisotopic (exact) mass is 338 g/mol. The minimum Gasteiger partial charge on any atom is -0.389 e. The van der Waals surface area contributed by atoms with Crippen molar-refractivity contribution in [2.45, 2.75) is 32.6 Å². The summed E-state index contributed by atoms with van der Waals surface area (Å²) in [4.78, 5) is 1.42. The Balaban J connectivity index is 1.45. The van der Waals surface area contributed by atoms with Crippen LogP contribution in [0.5, 0.6) is 0 Å². The van der Waals surface area contributed by atoms with Crippen molar-refractivity contribution >= 4 is 0 Å². The molecule has 0 spiro atoms. The molecule has 0 aliphatic carbocycles. The molecule has 6 heteroatoms. The molecule has 0 unspecified atom stereocenters. The topological polar surface area (TPSA) is 73.1 Å². The molecule has 3 aromatic rings. The second kappa shape index (κ2) is 8.50. The summed E-state index contributed by atoms with van der Waals surface area (Å²) in [6, 6.07) is 18.1. The van der Waals surface area contributed by atoms with Gasteiger partial charge in [-0.2, -0.15) is 4.80 Å². The molecule has 25 heavy (non-hydrogen) atoms. The van der Waals surface area contributed by atoms with Crippen LogP contribution in [0.4, 0.5) is 0 Å². The third kappa shape index (κ3) is 5.48. The van der Waals surface area contributed by atoms with Crippen molar-refractivity contribution in [3.63, 3.8) is 0 Å². The van der Waals surface area contributed by atoms with E-state index in [1.165, 1.54) is 10.4 Å². The van der Waals surface area contributed by atoms with Crippen LogP contribution in [0.3, 0.4) is 0 Å². The highest BCUT2D eigenvalue weighted by atomic mass is 16.5. The largest absolute Gasteiger partial charge is 0.389 e. The number of rotatable bonds is 8. The third-order valence-electron chi connectivity index (χ3n) is 3.77. The summed E-state index contributed by atoms with van der Waals surface area (Å²) >= 11 is 0. The summed E-state index contributed by atoms with van der Waals surface area (Å²) in [6.45, 7) is 3.01. The van der Waals surface area contributed by atoms with Crippen LogP contribution >= 0.6 is 0 Å². The summed E-state index contributed by atoms with van der Waals surface area (Å²) in [7, 11) is 0. The molecule has 3 rings (SSSR count). The number of aryl methyl sites for hydroxylation is 1. The molecule has 0 fully saturated rings. The standard InChI is InChI=1S/C19H22N4O2/c1-15-7-9-16(10-8-15)11-19-20-22-23(21-19)12-18(24)14-25-13-17-5-3-2-4-6-17/h2-10,18,24H,11-14H2,1H3/t18-/m0/s1. The average Bonchev–Trinajstić information content (AvgIpc) is 3.05. The van der Waals surface area contributed by atoms with Crippen molar-refractivity contribution in [1.82, 2.24) is 20.2 Å². The first kappa shape index (κ1) is 17.3. The highest BCUT2D eigenvalue weighted by Gasteiger charge is 2.10. The average molecular weight is 338 g/mol. The zero-order chi connectivity index (χ0) is 17.5. The molecule has 1 heterocycles. The quantitative estimate of drug-likeness (QED) is 0.681. The Hall–Kier alpha value is -2.57. The second-order valence-electron chi connectivity index (χ2n) is 6.08. The summed E-state index contributed by atoms with van der Waals surface area (Å²) in [5, 5.41) is 22.4. The minimum absolute atomic E-state index is 0.226. The van der Waals surface area contributed by atoms with Crippen LogP contribution in [-0.2, 0) is 24.3 Å². The fourth-order valence-corrected chi connectivity index (χ4v) is 2.44. The summed E-state index contributed by atoms with van der Waals surface area (Å²) in [5.74, 6) is 0.640. The molecule has 130 valence electrons. The van der Waals surface area contributed by atoms with E-state index in [0.717, 1.165) is 11.1 Å². The second-order valence-corrected chi connectivity index (χ2v) is 6.08. The van der Waals surface area contributed by atoms with Gasteiger partial charge in [-0.25, -0.2) is 0 Å². The Morgan fingerprint density at radius 3 is 2.56 bits per heavy atom. The molecule has 1 atom stereocenters. The van der Waals surface area contributed by atoms with Crippen LogP contribution in [0.15, 0.2) is 54.6 Å². The molecular formula is C19H22N4O2. The molecular weight excluding hydrogens is 316 g/mol. The molecule has 6 nitrogen and oxygen atoms in total. The third-order valence-corrected chi connectivity index (χ3v) is 3.77. The first-order valence-electron chi connectivity index (χ1n) is 8.31. The van der Waals surface area contributed by atoms with Crippen LogP contribution in [0.25, 0.3) is 0 Å². The fraction of sp³-hybridized carbons (Fsp3) is 0.316. The number of aliphatic hydroxyl groups is 1. The number of hydrogen-bond donors (Lipinski definition) is 1. The van der Waals surface area contributed by atoms with Gasteiger partial charge in [-0.3, -0.25) is 0 Å². The maximum absolute atomic E-state index is 10.1. The lowest BCUT2D eigenvalue weighted by Crippen LogP contribution is -2.23. The van der Waals surface area contributed by atoms with Gasteiger partial charge < -0.3 is 9.84 Å². The molecule has 0 radical (unpaired) electrons. The van der Waals surface area contributed by atoms with Crippen molar-refractivity contribution in [1.29, 1.82) is 0 Å². The molecule has 0 aliphatic rings. The van der Waals surface area contributed by atoms with E-state index in [1.54, 1.807) is 0 Å². The van der Waals surface area contributed by atoms with E-state index in [-0.39, 0.29) is 13.2 Å². The lowest BCUT2D eigenvalue weighted by atomic mass is 10.1. The normalized spacial score (nSPS) is 12.2. The van der Waals surface area contributed by atoms with Gasteiger partial charge in [0, 0.05) is 6.42 Å². The minimum atomic E-state index is -0.676. The van der Waals surface area contributed by atoms with E-state index < -0.39 is 6.10 Å². The van der Waals surface area contributed by atoms with Crippen LogP contribution in [-0.4, -0.2) is 38.0 Å². The van der Waals surface area contributed by atoms with Gasteiger partial charge in [-0.1, -0.05) is 60.2 Å². The number of nitrogens with zero attached hydrogens (tertiary/aromatic N) is 4. The van der Waals surface area contributed by atoms with Crippen LogP contribution in [0.2, 0.25) is 0 Å². The Kier molecular flexibility index (Phi) is 5.87. The zero-order valence-corrected chi connectivity index (χ0v) is 14.2. The summed E-state index contributed by atoms with van der Waals surface area (Å²) in [6.07, 6.45) is -0.0499. The van der Waals surface area contributed by atoms with Crippen molar-refractivity contribution < 1.29 is 9.84 Å². The number of aromatic nitrogens is 4. The van der Waals surface area contributed by atoms with Gasteiger partial charge in [0.15, 0.2) is 5.82 Å². The van der Waals surface area contributed by atoms with Crippen LogP contribution < -0.4 is 0 Å². The molecule has 1 aromatic heterocycles. The highest BCUT2D eigenvalue weighted by Crippen LogP contribution is 2.07. The number of tetrazole rings is 1. The fourth-order valence-electron chi connectivity index (χ4n) is 2.44. The van der Waals surface area contributed by atoms with E-state index in [2.05, 4.69) is 46.6 Å². The number of benzene rings is 2. The SMILES string of the molecule is Cc1ccc(Cc2nnn(C[C@H](O)COCc3ccccc3)n2)cc1. The van der Waals surface area contributed by atoms with Gasteiger partial charge in [0.1, 0.15) is 0 Å². The lowest BCUT2D eigenvalue weighted by Gasteiger charge is -2.10. The van der Waals surface area contributed by atoms with Gasteiger partial charge in [0.25, 0.3) is 0 Å². The van der Waals surface area contributed by atoms with E-state index >= 15 is 0 Å². The Morgan fingerprint density at radius 1 is 1.04 bits per heavy atom. The highest BCUT2D eigenvalue weighted by molar-refractivity contribution is 5.23. The van der Waals surface area contributed by atoms with Crippen molar-refractivity contribution in [3.05, 3.63) is 77.1 Å². The maximum atomic E-state index is 10.1. The number of aliphatic hydroxyl groups excluding tert-OH is 1. The molecule has 0 aliphatic heterocycles. The predicted octanol–water partition coefficient (Wildman–Crippen LogP) is 2.15. The first-order valence-corrected chi connectivity index (χ1v) is 8.31. The van der Waals surface area contributed by atoms with E-state index in [4.69, 9.17) is 4.74 Å². The van der Waals surface area contributed by atoms with Crippen molar-refractivity contribution in [2.24, 2.45) is 0 Å². The molecule has 0 bridgehead atoms. The molecule has 1 N–H and O–H groups in total. The number of ether oxygens (including phenoxy) is 1. The Bertz CT molecular complexity index is 772. The predicted molar refractivity (Wildman–Crippen MR) is 93.9 cm³/mol. The molecule has 0 amide bonds. The Morgan fingerprint density at radius 2 is 1.80 bits per heavy atom. The molecule has 0 saturated carbocycles.